The van der Waals surface area contributed by atoms with Crippen molar-refractivity contribution in [3.05, 3.63) is 29.8 Å². The van der Waals surface area contributed by atoms with Crippen molar-refractivity contribution >= 4 is 17.6 Å². The SMILES string of the molecule is CCN(CC)CCNC(=O)Nc1cccc(C(=O)NC(C)(C)C)c1. The van der Waals surface area contributed by atoms with E-state index in [1.807, 2.05) is 20.8 Å². The highest BCUT2D eigenvalue weighted by molar-refractivity contribution is 5.97. The van der Waals surface area contributed by atoms with Gasteiger partial charge in [-0.05, 0) is 52.1 Å². The molecule has 0 heterocycles. The minimum atomic E-state index is -0.303. The molecule has 0 aliphatic rings. The second-order valence-corrected chi connectivity index (χ2v) is 6.69. The van der Waals surface area contributed by atoms with E-state index in [1.54, 1.807) is 24.3 Å². The Morgan fingerprint density at radius 1 is 1.12 bits per heavy atom. The molecule has 1 rings (SSSR count). The Morgan fingerprint density at radius 3 is 2.38 bits per heavy atom. The van der Waals surface area contributed by atoms with E-state index >= 15 is 0 Å². The van der Waals surface area contributed by atoms with Gasteiger partial charge in [0.25, 0.3) is 5.91 Å². The zero-order chi connectivity index (χ0) is 18.2. The van der Waals surface area contributed by atoms with Gasteiger partial charge in [0.15, 0.2) is 0 Å². The van der Waals surface area contributed by atoms with E-state index in [2.05, 4.69) is 34.7 Å². The second-order valence-electron chi connectivity index (χ2n) is 6.69. The van der Waals surface area contributed by atoms with Crippen molar-refractivity contribution in [3.8, 4) is 0 Å². The number of benzene rings is 1. The van der Waals surface area contributed by atoms with Gasteiger partial charge in [-0.25, -0.2) is 4.79 Å². The van der Waals surface area contributed by atoms with E-state index in [-0.39, 0.29) is 17.5 Å². The van der Waals surface area contributed by atoms with E-state index in [4.69, 9.17) is 0 Å². The number of carbonyl (C=O) groups is 2. The molecule has 134 valence electrons. The lowest BCUT2D eigenvalue weighted by molar-refractivity contribution is 0.0919. The maximum atomic E-state index is 12.2. The molecule has 0 radical (unpaired) electrons. The third kappa shape index (κ3) is 7.46. The van der Waals surface area contributed by atoms with Gasteiger partial charge in [0, 0.05) is 29.9 Å². The summed E-state index contributed by atoms with van der Waals surface area (Å²) in [5, 5.41) is 8.49. The normalized spacial score (nSPS) is 11.2. The Labute approximate surface area is 145 Å². The standard InChI is InChI=1S/C18H30N4O2/c1-6-22(7-2)12-11-19-17(24)20-15-10-8-9-14(13-15)16(23)21-18(3,4)5/h8-10,13H,6-7,11-12H2,1-5H3,(H,21,23)(H2,19,20,24). The number of anilines is 1. The Kier molecular flexibility index (Phi) is 7.71. The van der Waals surface area contributed by atoms with Crippen LogP contribution >= 0.6 is 0 Å². The zero-order valence-corrected chi connectivity index (χ0v) is 15.4. The molecular formula is C18H30N4O2. The van der Waals surface area contributed by atoms with Crippen LogP contribution in [0.5, 0.6) is 0 Å². The summed E-state index contributed by atoms with van der Waals surface area (Å²) in [5.74, 6) is -0.159. The van der Waals surface area contributed by atoms with Crippen LogP contribution in [0.3, 0.4) is 0 Å². The predicted molar refractivity (Wildman–Crippen MR) is 98.5 cm³/mol. The highest BCUT2D eigenvalue weighted by Crippen LogP contribution is 2.12. The Hall–Kier alpha value is -2.08. The summed E-state index contributed by atoms with van der Waals surface area (Å²) < 4.78 is 0. The summed E-state index contributed by atoms with van der Waals surface area (Å²) in [6.07, 6.45) is 0. The van der Waals surface area contributed by atoms with Crippen LogP contribution in [0.15, 0.2) is 24.3 Å². The van der Waals surface area contributed by atoms with Crippen LogP contribution in [0, 0.1) is 0 Å². The molecular weight excluding hydrogens is 304 g/mol. The van der Waals surface area contributed by atoms with Crippen molar-refractivity contribution in [1.82, 2.24) is 15.5 Å². The van der Waals surface area contributed by atoms with Crippen molar-refractivity contribution in [1.29, 1.82) is 0 Å². The monoisotopic (exact) mass is 334 g/mol. The molecule has 1 aromatic rings. The maximum absolute atomic E-state index is 12.2. The first kappa shape index (κ1) is 20.0. The number of hydrogen-bond acceptors (Lipinski definition) is 3. The van der Waals surface area contributed by atoms with E-state index in [1.165, 1.54) is 0 Å². The number of carbonyl (C=O) groups excluding carboxylic acids is 2. The number of urea groups is 1. The molecule has 0 aromatic heterocycles. The molecule has 6 nitrogen and oxygen atoms in total. The number of hydrogen-bond donors (Lipinski definition) is 3. The molecule has 0 spiro atoms. The summed E-state index contributed by atoms with van der Waals surface area (Å²) >= 11 is 0. The van der Waals surface area contributed by atoms with Gasteiger partial charge in [-0.3, -0.25) is 4.79 Å². The molecule has 24 heavy (non-hydrogen) atoms. The fraction of sp³-hybridized carbons (Fsp3) is 0.556. The lowest BCUT2D eigenvalue weighted by atomic mass is 10.1. The van der Waals surface area contributed by atoms with Crippen molar-refractivity contribution in [2.75, 3.05) is 31.5 Å². The number of nitrogens with zero attached hydrogens (tertiary/aromatic N) is 1. The number of nitrogens with one attached hydrogen (secondary N) is 3. The molecule has 0 aliphatic carbocycles. The van der Waals surface area contributed by atoms with Crippen LogP contribution in [-0.2, 0) is 0 Å². The van der Waals surface area contributed by atoms with E-state index in [0.29, 0.717) is 17.8 Å². The van der Waals surface area contributed by atoms with Crippen molar-refractivity contribution in [2.24, 2.45) is 0 Å². The van der Waals surface area contributed by atoms with Crippen molar-refractivity contribution in [3.63, 3.8) is 0 Å². The van der Waals surface area contributed by atoms with E-state index in [9.17, 15) is 9.59 Å². The fourth-order valence-corrected chi connectivity index (χ4v) is 2.19. The Bertz CT molecular complexity index is 548. The highest BCUT2D eigenvalue weighted by Gasteiger charge is 2.15. The zero-order valence-electron chi connectivity index (χ0n) is 15.4. The third-order valence-electron chi connectivity index (χ3n) is 3.48. The average molecular weight is 334 g/mol. The van der Waals surface area contributed by atoms with Gasteiger partial charge in [-0.2, -0.15) is 0 Å². The number of amides is 3. The second kappa shape index (κ2) is 9.27. The van der Waals surface area contributed by atoms with Gasteiger partial charge in [-0.15, -0.1) is 0 Å². The van der Waals surface area contributed by atoms with Crippen LogP contribution in [0.25, 0.3) is 0 Å². The lowest BCUT2D eigenvalue weighted by Gasteiger charge is -2.20. The molecule has 0 unspecified atom stereocenters. The van der Waals surface area contributed by atoms with E-state index in [0.717, 1.165) is 19.6 Å². The topological polar surface area (TPSA) is 73.5 Å². The molecule has 6 heteroatoms. The molecule has 3 amide bonds. The van der Waals surface area contributed by atoms with Crippen molar-refractivity contribution < 1.29 is 9.59 Å². The van der Waals surface area contributed by atoms with Gasteiger partial charge in [-0.1, -0.05) is 19.9 Å². The molecule has 0 atom stereocenters. The third-order valence-corrected chi connectivity index (χ3v) is 3.48. The Balaban J connectivity index is 2.55. The van der Waals surface area contributed by atoms with Crippen LogP contribution < -0.4 is 16.0 Å². The molecule has 0 fully saturated rings. The average Bonchev–Trinajstić information content (AvgIpc) is 2.50. The maximum Gasteiger partial charge on any atom is 0.319 e. The van der Waals surface area contributed by atoms with Crippen LogP contribution in [0.1, 0.15) is 45.0 Å². The quantitative estimate of drug-likeness (QED) is 0.718. The van der Waals surface area contributed by atoms with Crippen molar-refractivity contribution in [2.45, 2.75) is 40.2 Å². The van der Waals surface area contributed by atoms with Gasteiger partial charge >= 0.3 is 6.03 Å². The molecule has 1 aromatic carbocycles. The highest BCUT2D eigenvalue weighted by atomic mass is 16.2. The van der Waals surface area contributed by atoms with Crippen LogP contribution in [0.2, 0.25) is 0 Å². The van der Waals surface area contributed by atoms with Gasteiger partial charge in [0.1, 0.15) is 0 Å². The molecule has 0 saturated carbocycles. The summed E-state index contributed by atoms with van der Waals surface area (Å²) in [6.45, 7) is 13.3. The smallest absolute Gasteiger partial charge is 0.319 e. The van der Waals surface area contributed by atoms with Gasteiger partial charge in [0.05, 0.1) is 0 Å². The van der Waals surface area contributed by atoms with Crippen LogP contribution in [0.4, 0.5) is 10.5 Å². The molecule has 0 aliphatic heterocycles. The summed E-state index contributed by atoms with van der Waals surface area (Å²) in [6, 6.07) is 6.65. The van der Waals surface area contributed by atoms with E-state index < -0.39 is 0 Å². The first-order chi connectivity index (χ1) is 11.2. The minimum absolute atomic E-state index is 0.159. The number of likely N-dealkylation sites (N-methyl/N-ethyl adjacent to an activating group) is 1. The summed E-state index contributed by atoms with van der Waals surface area (Å²) in [5.41, 5.74) is 0.810. The molecule has 0 saturated heterocycles. The largest absolute Gasteiger partial charge is 0.347 e. The van der Waals surface area contributed by atoms with Crippen LogP contribution in [-0.4, -0.2) is 48.6 Å². The number of rotatable bonds is 7. The fourth-order valence-electron chi connectivity index (χ4n) is 2.19. The summed E-state index contributed by atoms with van der Waals surface area (Å²) in [4.78, 5) is 26.3. The molecule has 0 bridgehead atoms. The van der Waals surface area contributed by atoms with Gasteiger partial charge in [0.2, 0.25) is 0 Å². The Morgan fingerprint density at radius 2 is 1.79 bits per heavy atom. The molecule has 3 N–H and O–H groups in total. The first-order valence-electron chi connectivity index (χ1n) is 8.45. The lowest BCUT2D eigenvalue weighted by Crippen LogP contribution is -2.40. The first-order valence-corrected chi connectivity index (χ1v) is 8.45. The summed E-state index contributed by atoms with van der Waals surface area (Å²) in [7, 11) is 0. The van der Waals surface area contributed by atoms with Gasteiger partial charge < -0.3 is 20.9 Å². The minimum Gasteiger partial charge on any atom is -0.347 e. The predicted octanol–water partition coefficient (Wildman–Crippen LogP) is 2.68.